The second kappa shape index (κ2) is 8.22. The fraction of sp³-hybridized carbons (Fsp3) is 0.238. The number of hydrogen-bond donors (Lipinski definition) is 2. The zero-order valence-corrected chi connectivity index (χ0v) is 15.6. The summed E-state index contributed by atoms with van der Waals surface area (Å²) in [7, 11) is 0. The number of carbonyl (C=O) groups is 1. The molecule has 29 heavy (non-hydrogen) atoms. The number of anilines is 1. The van der Waals surface area contributed by atoms with Crippen LogP contribution >= 0.6 is 0 Å². The molecule has 1 fully saturated rings. The molecule has 2 aromatic heterocycles. The molecule has 148 valence electrons. The largest absolute Gasteiger partial charge is 0.352 e. The van der Waals surface area contributed by atoms with Crippen LogP contribution in [0.2, 0.25) is 0 Å². The highest BCUT2D eigenvalue weighted by Gasteiger charge is 2.32. The summed E-state index contributed by atoms with van der Waals surface area (Å²) in [6.45, 7) is 1.32. The molecule has 1 amide bonds. The lowest BCUT2D eigenvalue weighted by Crippen LogP contribution is -2.25. The van der Waals surface area contributed by atoms with E-state index in [4.69, 9.17) is 0 Å². The van der Waals surface area contributed by atoms with Crippen molar-refractivity contribution in [3.63, 3.8) is 0 Å². The minimum atomic E-state index is -0.302. The smallest absolute Gasteiger partial charge is 0.252 e. The normalized spacial score (nSPS) is 16.2. The Kier molecular flexibility index (Phi) is 5.33. The number of rotatable bonds is 6. The summed E-state index contributed by atoms with van der Waals surface area (Å²) >= 11 is 0. The fourth-order valence-electron chi connectivity index (χ4n) is 3.37. The minimum absolute atomic E-state index is 0.0172. The summed E-state index contributed by atoms with van der Waals surface area (Å²) in [4.78, 5) is 37.6. The standard InChI is InChI=1S/C21H20FN5O2/c22-16-6-4-14(5-7-16)11-24-21-25-18(10-19(28)26-21)15-9-20(29)27(12-15)13-17-3-1-2-8-23-17/h1-8,10,15H,9,11-13H2,(H2,24,25,26,28)/t15-/m0/s1. The van der Waals surface area contributed by atoms with Crippen molar-refractivity contribution in [1.29, 1.82) is 0 Å². The lowest BCUT2D eigenvalue weighted by molar-refractivity contribution is -0.128. The van der Waals surface area contributed by atoms with Crippen LogP contribution in [0.3, 0.4) is 0 Å². The van der Waals surface area contributed by atoms with Crippen molar-refractivity contribution in [2.45, 2.75) is 25.4 Å². The summed E-state index contributed by atoms with van der Waals surface area (Å²) < 4.78 is 13.0. The van der Waals surface area contributed by atoms with Crippen molar-refractivity contribution in [1.82, 2.24) is 19.9 Å². The summed E-state index contributed by atoms with van der Waals surface area (Å²) in [6, 6.07) is 13.1. The summed E-state index contributed by atoms with van der Waals surface area (Å²) in [6.07, 6.45) is 2.01. The molecule has 0 saturated carbocycles. The minimum Gasteiger partial charge on any atom is -0.352 e. The Morgan fingerprint density at radius 2 is 2.00 bits per heavy atom. The Morgan fingerprint density at radius 1 is 1.17 bits per heavy atom. The van der Waals surface area contributed by atoms with E-state index in [2.05, 4.69) is 20.3 Å². The lowest BCUT2D eigenvalue weighted by atomic mass is 10.0. The van der Waals surface area contributed by atoms with E-state index in [9.17, 15) is 14.0 Å². The molecule has 7 nitrogen and oxygen atoms in total. The number of benzene rings is 1. The van der Waals surface area contributed by atoms with Gasteiger partial charge in [0.2, 0.25) is 11.9 Å². The Labute approximate surface area is 166 Å². The molecular formula is C21H20FN5O2. The predicted molar refractivity (Wildman–Crippen MR) is 106 cm³/mol. The zero-order valence-electron chi connectivity index (χ0n) is 15.6. The zero-order chi connectivity index (χ0) is 20.2. The molecule has 2 N–H and O–H groups in total. The first-order valence-corrected chi connectivity index (χ1v) is 9.34. The number of amides is 1. The van der Waals surface area contributed by atoms with Crippen LogP contribution in [0.5, 0.6) is 0 Å². The third kappa shape index (κ3) is 4.66. The number of H-pyrrole nitrogens is 1. The van der Waals surface area contributed by atoms with Crippen LogP contribution in [0.15, 0.2) is 59.5 Å². The molecule has 0 bridgehead atoms. The van der Waals surface area contributed by atoms with Crippen molar-refractivity contribution < 1.29 is 9.18 Å². The maximum atomic E-state index is 13.0. The molecule has 1 aromatic carbocycles. The molecule has 1 aliphatic rings. The van der Waals surface area contributed by atoms with E-state index in [-0.39, 0.29) is 23.2 Å². The number of likely N-dealkylation sites (tertiary alicyclic amines) is 1. The van der Waals surface area contributed by atoms with Crippen LogP contribution in [0.4, 0.5) is 10.3 Å². The molecular weight excluding hydrogens is 373 g/mol. The average Bonchev–Trinajstić information content (AvgIpc) is 3.08. The molecule has 0 unspecified atom stereocenters. The predicted octanol–water partition coefficient (Wildman–Crippen LogP) is 2.43. The van der Waals surface area contributed by atoms with E-state index in [0.29, 0.717) is 37.7 Å². The Hall–Kier alpha value is -3.55. The quantitative estimate of drug-likeness (QED) is 0.671. The fourth-order valence-corrected chi connectivity index (χ4v) is 3.37. The van der Waals surface area contributed by atoms with E-state index in [1.807, 2.05) is 18.2 Å². The average molecular weight is 393 g/mol. The second-order valence-corrected chi connectivity index (χ2v) is 7.00. The SMILES string of the molecule is O=C1C[C@H](c2cc(=O)[nH]c(NCc3ccc(F)cc3)n2)CN1Cc1ccccn1. The number of nitrogens with zero attached hydrogens (tertiary/aromatic N) is 3. The van der Waals surface area contributed by atoms with Crippen LogP contribution in [0.1, 0.15) is 29.3 Å². The summed E-state index contributed by atoms with van der Waals surface area (Å²) in [5.74, 6) is -0.112. The van der Waals surface area contributed by atoms with Crippen LogP contribution in [0, 0.1) is 5.82 Å². The highest BCUT2D eigenvalue weighted by atomic mass is 19.1. The number of hydrogen-bond acceptors (Lipinski definition) is 5. The van der Waals surface area contributed by atoms with Crippen molar-refractivity contribution in [2.75, 3.05) is 11.9 Å². The van der Waals surface area contributed by atoms with Gasteiger partial charge in [-0.15, -0.1) is 0 Å². The van der Waals surface area contributed by atoms with Crippen molar-refractivity contribution in [3.05, 3.63) is 87.9 Å². The molecule has 1 atom stereocenters. The van der Waals surface area contributed by atoms with Crippen LogP contribution in [-0.2, 0) is 17.9 Å². The third-order valence-corrected chi connectivity index (χ3v) is 4.85. The van der Waals surface area contributed by atoms with Gasteiger partial charge in [-0.2, -0.15) is 0 Å². The van der Waals surface area contributed by atoms with Gasteiger partial charge in [0.05, 0.1) is 17.9 Å². The van der Waals surface area contributed by atoms with E-state index >= 15 is 0 Å². The summed E-state index contributed by atoms with van der Waals surface area (Å²) in [5.41, 5.74) is 1.97. The van der Waals surface area contributed by atoms with E-state index in [1.54, 1.807) is 23.2 Å². The van der Waals surface area contributed by atoms with Crippen molar-refractivity contribution >= 4 is 11.9 Å². The highest BCUT2D eigenvalue weighted by molar-refractivity contribution is 5.79. The topological polar surface area (TPSA) is 91.0 Å². The maximum Gasteiger partial charge on any atom is 0.252 e. The van der Waals surface area contributed by atoms with Crippen LogP contribution in [-0.4, -0.2) is 32.3 Å². The van der Waals surface area contributed by atoms with Gasteiger partial charge in [0.1, 0.15) is 5.82 Å². The van der Waals surface area contributed by atoms with E-state index in [1.165, 1.54) is 18.2 Å². The van der Waals surface area contributed by atoms with Gasteiger partial charge < -0.3 is 10.2 Å². The van der Waals surface area contributed by atoms with Gasteiger partial charge in [0.15, 0.2) is 0 Å². The molecule has 8 heteroatoms. The van der Waals surface area contributed by atoms with Crippen molar-refractivity contribution in [2.24, 2.45) is 0 Å². The number of aromatic amines is 1. The highest BCUT2D eigenvalue weighted by Crippen LogP contribution is 2.27. The molecule has 4 rings (SSSR count). The van der Waals surface area contributed by atoms with E-state index in [0.717, 1.165) is 11.3 Å². The monoisotopic (exact) mass is 393 g/mol. The molecule has 1 saturated heterocycles. The van der Waals surface area contributed by atoms with Gasteiger partial charge in [0.25, 0.3) is 5.56 Å². The van der Waals surface area contributed by atoms with Gasteiger partial charge >= 0.3 is 0 Å². The Balaban J connectivity index is 1.45. The van der Waals surface area contributed by atoms with Crippen LogP contribution in [0.25, 0.3) is 0 Å². The molecule has 3 heterocycles. The van der Waals surface area contributed by atoms with Crippen molar-refractivity contribution in [3.8, 4) is 0 Å². The molecule has 0 radical (unpaired) electrons. The maximum absolute atomic E-state index is 13.0. The number of nitrogens with one attached hydrogen (secondary N) is 2. The van der Waals surface area contributed by atoms with Gasteiger partial charge in [-0.05, 0) is 29.8 Å². The van der Waals surface area contributed by atoms with Gasteiger partial charge in [-0.3, -0.25) is 19.6 Å². The first kappa shape index (κ1) is 18.8. The number of aromatic nitrogens is 3. The van der Waals surface area contributed by atoms with Gasteiger partial charge in [-0.25, -0.2) is 9.37 Å². The molecule has 0 spiro atoms. The lowest BCUT2D eigenvalue weighted by Gasteiger charge is -2.16. The Bertz CT molecular complexity index is 1050. The third-order valence-electron chi connectivity index (χ3n) is 4.85. The number of halogens is 1. The second-order valence-electron chi connectivity index (χ2n) is 7.00. The summed E-state index contributed by atoms with van der Waals surface area (Å²) in [5, 5.41) is 3.05. The van der Waals surface area contributed by atoms with Crippen LogP contribution < -0.4 is 10.9 Å². The first-order chi connectivity index (χ1) is 14.1. The van der Waals surface area contributed by atoms with Gasteiger partial charge in [-0.1, -0.05) is 18.2 Å². The first-order valence-electron chi connectivity index (χ1n) is 9.34. The molecule has 3 aromatic rings. The number of pyridine rings is 1. The molecule has 0 aliphatic carbocycles. The van der Waals surface area contributed by atoms with Gasteiger partial charge in [0, 0.05) is 37.7 Å². The van der Waals surface area contributed by atoms with E-state index < -0.39 is 0 Å². The number of carbonyl (C=O) groups excluding carboxylic acids is 1. The molecule has 1 aliphatic heterocycles. The Morgan fingerprint density at radius 3 is 2.76 bits per heavy atom.